The summed E-state index contributed by atoms with van der Waals surface area (Å²) in [5.41, 5.74) is 3.37. The molecule has 0 fully saturated rings. The van der Waals surface area contributed by atoms with Crippen LogP contribution in [0.4, 0.5) is 0 Å². The molecule has 29 heavy (non-hydrogen) atoms. The van der Waals surface area contributed by atoms with Gasteiger partial charge in [0, 0.05) is 35.8 Å². The minimum Gasteiger partial charge on any atom is -0.506 e. The van der Waals surface area contributed by atoms with Gasteiger partial charge in [-0.15, -0.1) is 0 Å². The van der Waals surface area contributed by atoms with E-state index in [0.29, 0.717) is 21.6 Å². The van der Waals surface area contributed by atoms with Crippen molar-refractivity contribution >= 4 is 33.4 Å². The molecule has 2 N–H and O–H groups in total. The SMILES string of the molecule is Cc1cc(-c2c(O)c3cc(-c4ccc5ccn(C)c5c4)c(Cl)cc3[nH]c2=O)on1. The Bertz CT molecular complexity index is 1480. The smallest absolute Gasteiger partial charge is 0.263 e. The fourth-order valence-corrected chi connectivity index (χ4v) is 3.93. The predicted octanol–water partition coefficient (Wildman–Crippen LogP) is 5.01. The first kappa shape index (κ1) is 17.6. The molecule has 5 aromatic rings. The number of fused-ring (bicyclic) bond motifs is 2. The highest BCUT2D eigenvalue weighted by Crippen LogP contribution is 2.38. The molecule has 0 spiro atoms. The molecule has 3 aromatic heterocycles. The van der Waals surface area contributed by atoms with Crippen molar-refractivity contribution < 1.29 is 9.63 Å². The molecule has 0 aliphatic carbocycles. The number of aromatic nitrogens is 3. The number of pyridine rings is 1. The van der Waals surface area contributed by atoms with E-state index in [1.54, 1.807) is 25.1 Å². The highest BCUT2D eigenvalue weighted by molar-refractivity contribution is 6.34. The van der Waals surface area contributed by atoms with E-state index in [1.165, 1.54) is 0 Å². The summed E-state index contributed by atoms with van der Waals surface area (Å²) in [4.78, 5) is 15.3. The van der Waals surface area contributed by atoms with Crippen LogP contribution in [0.1, 0.15) is 5.69 Å². The summed E-state index contributed by atoms with van der Waals surface area (Å²) >= 11 is 6.53. The average molecular weight is 406 g/mol. The minimum absolute atomic E-state index is 0.0456. The molecule has 0 radical (unpaired) electrons. The van der Waals surface area contributed by atoms with E-state index in [0.717, 1.165) is 22.0 Å². The summed E-state index contributed by atoms with van der Waals surface area (Å²) in [7, 11) is 1.98. The number of aryl methyl sites for hydroxylation is 2. The van der Waals surface area contributed by atoms with Crippen molar-refractivity contribution in [3.63, 3.8) is 0 Å². The Labute approximate surface area is 170 Å². The normalized spacial score (nSPS) is 11.6. The molecule has 3 heterocycles. The third kappa shape index (κ3) is 2.72. The molecule has 0 unspecified atom stereocenters. The van der Waals surface area contributed by atoms with Gasteiger partial charge in [-0.1, -0.05) is 28.9 Å². The molecule has 0 atom stereocenters. The quantitative estimate of drug-likeness (QED) is 0.432. The first-order valence-electron chi connectivity index (χ1n) is 9.00. The Morgan fingerprint density at radius 1 is 1.17 bits per heavy atom. The number of H-pyrrole nitrogens is 1. The zero-order chi connectivity index (χ0) is 20.3. The molecule has 0 saturated heterocycles. The topological polar surface area (TPSA) is 84.0 Å². The first-order chi connectivity index (χ1) is 13.9. The molecule has 0 aliphatic rings. The van der Waals surface area contributed by atoms with Crippen molar-refractivity contribution in [2.24, 2.45) is 7.05 Å². The van der Waals surface area contributed by atoms with Crippen LogP contribution in [0.3, 0.4) is 0 Å². The van der Waals surface area contributed by atoms with Crippen LogP contribution in [0.2, 0.25) is 5.02 Å². The third-order valence-electron chi connectivity index (χ3n) is 5.15. The van der Waals surface area contributed by atoms with Gasteiger partial charge in [0.15, 0.2) is 5.76 Å². The molecule has 0 saturated carbocycles. The Morgan fingerprint density at radius 3 is 2.76 bits per heavy atom. The van der Waals surface area contributed by atoms with Crippen LogP contribution in [-0.2, 0) is 7.05 Å². The number of rotatable bonds is 2. The molecular weight excluding hydrogens is 390 g/mol. The molecule has 7 heteroatoms. The molecule has 2 aromatic carbocycles. The molecule has 6 nitrogen and oxygen atoms in total. The lowest BCUT2D eigenvalue weighted by atomic mass is 10.00. The third-order valence-corrected chi connectivity index (χ3v) is 5.46. The van der Waals surface area contributed by atoms with Crippen molar-refractivity contribution in [1.82, 2.24) is 14.7 Å². The Kier molecular flexibility index (Phi) is 3.79. The summed E-state index contributed by atoms with van der Waals surface area (Å²) in [5.74, 6) is 0.0441. The fourth-order valence-electron chi connectivity index (χ4n) is 3.66. The second-order valence-corrected chi connectivity index (χ2v) is 7.50. The summed E-state index contributed by atoms with van der Waals surface area (Å²) in [6.07, 6.45) is 2.00. The second-order valence-electron chi connectivity index (χ2n) is 7.09. The Balaban J connectivity index is 1.77. The van der Waals surface area contributed by atoms with Crippen LogP contribution in [0.15, 0.2) is 58.0 Å². The van der Waals surface area contributed by atoms with Gasteiger partial charge in [0.25, 0.3) is 5.56 Å². The zero-order valence-electron chi connectivity index (χ0n) is 15.7. The van der Waals surface area contributed by atoms with Crippen LogP contribution in [0.25, 0.3) is 44.3 Å². The van der Waals surface area contributed by atoms with Crippen LogP contribution < -0.4 is 5.56 Å². The van der Waals surface area contributed by atoms with Gasteiger partial charge in [0.1, 0.15) is 11.3 Å². The van der Waals surface area contributed by atoms with E-state index in [-0.39, 0.29) is 17.1 Å². The van der Waals surface area contributed by atoms with Gasteiger partial charge in [-0.3, -0.25) is 4.79 Å². The molecular formula is C22H16ClN3O3. The maximum absolute atomic E-state index is 12.5. The largest absolute Gasteiger partial charge is 0.506 e. The lowest BCUT2D eigenvalue weighted by molar-refractivity contribution is 0.421. The monoisotopic (exact) mass is 405 g/mol. The lowest BCUT2D eigenvalue weighted by Crippen LogP contribution is -2.09. The van der Waals surface area contributed by atoms with E-state index in [1.807, 2.05) is 42.1 Å². The number of aromatic amines is 1. The highest BCUT2D eigenvalue weighted by Gasteiger charge is 2.19. The van der Waals surface area contributed by atoms with Crippen molar-refractivity contribution in [1.29, 1.82) is 0 Å². The maximum atomic E-state index is 12.5. The number of nitrogens with zero attached hydrogens (tertiary/aromatic N) is 2. The van der Waals surface area contributed by atoms with Gasteiger partial charge in [-0.25, -0.2) is 0 Å². The molecule has 0 aliphatic heterocycles. The number of hydrogen-bond donors (Lipinski definition) is 2. The predicted molar refractivity (Wildman–Crippen MR) is 113 cm³/mol. The highest BCUT2D eigenvalue weighted by atomic mass is 35.5. The Hall–Kier alpha value is -3.51. The van der Waals surface area contributed by atoms with Crippen molar-refractivity contribution in [3.8, 4) is 28.2 Å². The lowest BCUT2D eigenvalue weighted by Gasteiger charge is -2.11. The fraction of sp³-hybridized carbons (Fsp3) is 0.0909. The average Bonchev–Trinajstić information content (AvgIpc) is 3.27. The second kappa shape index (κ2) is 6.25. The zero-order valence-corrected chi connectivity index (χ0v) is 16.4. The van der Waals surface area contributed by atoms with Crippen LogP contribution in [0.5, 0.6) is 5.75 Å². The first-order valence-corrected chi connectivity index (χ1v) is 9.38. The number of halogens is 1. The van der Waals surface area contributed by atoms with Gasteiger partial charge in [0.2, 0.25) is 0 Å². The van der Waals surface area contributed by atoms with Gasteiger partial charge >= 0.3 is 0 Å². The minimum atomic E-state index is -0.472. The van der Waals surface area contributed by atoms with Crippen LogP contribution >= 0.6 is 11.6 Å². The number of hydrogen-bond acceptors (Lipinski definition) is 4. The summed E-state index contributed by atoms with van der Waals surface area (Å²) < 4.78 is 7.23. The van der Waals surface area contributed by atoms with Crippen molar-refractivity contribution in [2.45, 2.75) is 6.92 Å². The van der Waals surface area contributed by atoms with Gasteiger partial charge in [-0.05, 0) is 42.1 Å². The summed E-state index contributed by atoms with van der Waals surface area (Å²) in [5, 5.41) is 16.8. The van der Waals surface area contributed by atoms with Crippen LogP contribution in [0, 0.1) is 6.92 Å². The van der Waals surface area contributed by atoms with Gasteiger partial charge in [0.05, 0.1) is 16.2 Å². The molecule has 0 amide bonds. The van der Waals surface area contributed by atoms with Crippen molar-refractivity contribution in [3.05, 3.63) is 69.7 Å². The Morgan fingerprint density at radius 2 is 2.00 bits per heavy atom. The van der Waals surface area contributed by atoms with Gasteiger partial charge < -0.3 is 19.2 Å². The van der Waals surface area contributed by atoms with E-state index >= 15 is 0 Å². The van der Waals surface area contributed by atoms with Crippen molar-refractivity contribution in [2.75, 3.05) is 0 Å². The van der Waals surface area contributed by atoms with Gasteiger partial charge in [-0.2, -0.15) is 0 Å². The van der Waals surface area contributed by atoms with E-state index in [4.69, 9.17) is 16.1 Å². The molecule has 0 bridgehead atoms. The number of benzene rings is 2. The molecule has 5 rings (SSSR count). The van der Waals surface area contributed by atoms with E-state index in [9.17, 15) is 9.90 Å². The van der Waals surface area contributed by atoms with E-state index in [2.05, 4.69) is 10.1 Å². The summed E-state index contributed by atoms with van der Waals surface area (Å²) in [6.45, 7) is 1.75. The van der Waals surface area contributed by atoms with E-state index < -0.39 is 5.56 Å². The number of aromatic hydroxyl groups is 1. The summed E-state index contributed by atoms with van der Waals surface area (Å²) in [6, 6.07) is 13.1. The maximum Gasteiger partial charge on any atom is 0.263 e. The van der Waals surface area contributed by atoms with Crippen LogP contribution in [-0.4, -0.2) is 19.8 Å². The number of nitrogens with one attached hydrogen (secondary N) is 1. The molecule has 144 valence electrons. The standard InChI is InChI=1S/C22H16ClN3O3/c1-11-7-19(29-25-11)20-21(27)15-9-14(16(23)10-17(15)24-22(20)28)13-4-3-12-5-6-26(2)18(12)8-13/h3-10H,1-2H3,(H2,24,27,28).